The molecule has 0 amide bonds. The van der Waals surface area contributed by atoms with Crippen LogP contribution in [0.3, 0.4) is 0 Å². The van der Waals surface area contributed by atoms with E-state index in [9.17, 15) is 10.1 Å². The predicted molar refractivity (Wildman–Crippen MR) is 79.0 cm³/mol. The first-order valence-corrected chi connectivity index (χ1v) is 7.50. The van der Waals surface area contributed by atoms with Gasteiger partial charge in [-0.2, -0.15) is 0 Å². The van der Waals surface area contributed by atoms with Gasteiger partial charge in [0.2, 0.25) is 0 Å². The van der Waals surface area contributed by atoms with Crippen LogP contribution in [0.5, 0.6) is 0 Å². The van der Waals surface area contributed by atoms with Gasteiger partial charge in [-0.25, -0.2) is 0 Å². The molecule has 0 aliphatic heterocycles. The van der Waals surface area contributed by atoms with E-state index >= 15 is 0 Å². The fourth-order valence-corrected chi connectivity index (χ4v) is 3.73. The summed E-state index contributed by atoms with van der Waals surface area (Å²) in [6.45, 7) is 0. The lowest BCUT2D eigenvalue weighted by Crippen LogP contribution is -2.22. The van der Waals surface area contributed by atoms with Crippen molar-refractivity contribution in [3.8, 4) is 0 Å². The zero-order chi connectivity index (χ0) is 13.2. The van der Waals surface area contributed by atoms with Crippen LogP contribution in [0.25, 0.3) is 10.1 Å². The van der Waals surface area contributed by atoms with Crippen molar-refractivity contribution >= 4 is 32.1 Å². The average molecular weight is 276 g/mol. The molecule has 2 aromatic rings. The van der Waals surface area contributed by atoms with Crippen molar-refractivity contribution in [3.05, 3.63) is 34.4 Å². The normalized spacial score (nSPS) is 16.6. The van der Waals surface area contributed by atoms with Crippen LogP contribution < -0.4 is 5.32 Å². The molecule has 3 rings (SSSR count). The Balaban J connectivity index is 1.99. The number of hydrogen-bond acceptors (Lipinski definition) is 4. The number of rotatable bonds is 3. The second-order valence-corrected chi connectivity index (χ2v) is 6.05. The molecule has 0 unspecified atom stereocenters. The number of nitrogens with one attached hydrogen (secondary N) is 1. The Morgan fingerprint density at radius 1 is 1.21 bits per heavy atom. The number of nitro groups is 1. The molecule has 1 aromatic carbocycles. The van der Waals surface area contributed by atoms with Gasteiger partial charge in [-0.1, -0.05) is 48.8 Å². The second-order valence-electron chi connectivity index (χ2n) is 5.01. The summed E-state index contributed by atoms with van der Waals surface area (Å²) in [6.07, 6.45) is 5.94. The first-order chi connectivity index (χ1) is 9.25. The highest BCUT2D eigenvalue weighted by Gasteiger charge is 2.24. The van der Waals surface area contributed by atoms with Crippen molar-refractivity contribution in [1.29, 1.82) is 0 Å². The van der Waals surface area contributed by atoms with Crippen molar-refractivity contribution in [3.63, 3.8) is 0 Å². The molecular formula is C14H16N2O2S. The van der Waals surface area contributed by atoms with Gasteiger partial charge in [0.05, 0.1) is 4.92 Å². The average Bonchev–Trinajstić information content (AvgIpc) is 2.79. The molecule has 1 aromatic heterocycles. The highest BCUT2D eigenvalue weighted by Crippen LogP contribution is 2.42. The van der Waals surface area contributed by atoms with Gasteiger partial charge >= 0.3 is 5.00 Å². The van der Waals surface area contributed by atoms with E-state index < -0.39 is 0 Å². The van der Waals surface area contributed by atoms with Crippen LogP contribution in [0.4, 0.5) is 10.7 Å². The summed E-state index contributed by atoms with van der Waals surface area (Å²) in [5, 5.41) is 15.9. The SMILES string of the molecule is O=[N+]([O-])c1sc2ccccc2c1NC1CCCCC1. The third-order valence-corrected chi connectivity index (χ3v) is 4.82. The summed E-state index contributed by atoms with van der Waals surface area (Å²) in [6, 6.07) is 8.14. The number of thiophene rings is 1. The van der Waals surface area contributed by atoms with Crippen LogP contribution in [0, 0.1) is 10.1 Å². The maximum absolute atomic E-state index is 11.2. The standard InChI is InChI=1S/C14H16N2O2S/c17-16(18)14-13(15-10-6-2-1-3-7-10)11-8-4-5-9-12(11)19-14/h4-5,8-10,15H,1-3,6-7H2. The lowest BCUT2D eigenvalue weighted by atomic mass is 9.95. The van der Waals surface area contributed by atoms with Crippen LogP contribution in [-0.4, -0.2) is 11.0 Å². The molecule has 1 fully saturated rings. The summed E-state index contributed by atoms with van der Waals surface area (Å²) in [4.78, 5) is 10.9. The van der Waals surface area contributed by atoms with E-state index in [0.29, 0.717) is 6.04 Å². The molecular weight excluding hydrogens is 260 g/mol. The monoisotopic (exact) mass is 276 g/mol. The van der Waals surface area contributed by atoms with Crippen LogP contribution in [-0.2, 0) is 0 Å². The predicted octanol–water partition coefficient (Wildman–Crippen LogP) is 4.55. The molecule has 1 aliphatic rings. The van der Waals surface area contributed by atoms with Crippen LogP contribution >= 0.6 is 11.3 Å². The van der Waals surface area contributed by atoms with Crippen molar-refractivity contribution in [2.45, 2.75) is 38.1 Å². The van der Waals surface area contributed by atoms with Gasteiger partial charge in [-0.05, 0) is 18.9 Å². The van der Waals surface area contributed by atoms with Gasteiger partial charge in [0, 0.05) is 16.1 Å². The van der Waals surface area contributed by atoms with Crippen LogP contribution in [0.2, 0.25) is 0 Å². The largest absolute Gasteiger partial charge is 0.375 e. The van der Waals surface area contributed by atoms with Crippen molar-refractivity contribution in [2.75, 3.05) is 5.32 Å². The van der Waals surface area contributed by atoms with Gasteiger partial charge in [-0.3, -0.25) is 10.1 Å². The maximum atomic E-state index is 11.2. The summed E-state index contributed by atoms with van der Waals surface area (Å²) >= 11 is 1.26. The molecule has 1 heterocycles. The van der Waals surface area contributed by atoms with Crippen molar-refractivity contribution in [1.82, 2.24) is 0 Å². The van der Waals surface area contributed by atoms with E-state index in [1.165, 1.54) is 30.6 Å². The number of hydrogen-bond donors (Lipinski definition) is 1. The lowest BCUT2D eigenvalue weighted by molar-refractivity contribution is -0.379. The minimum atomic E-state index is -0.268. The highest BCUT2D eigenvalue weighted by atomic mass is 32.1. The summed E-state index contributed by atoms with van der Waals surface area (Å²) < 4.78 is 0.979. The van der Waals surface area contributed by atoms with Crippen LogP contribution in [0.1, 0.15) is 32.1 Å². The summed E-state index contributed by atoms with van der Waals surface area (Å²) in [5.41, 5.74) is 0.720. The number of anilines is 1. The molecule has 0 bridgehead atoms. The molecule has 0 radical (unpaired) electrons. The molecule has 100 valence electrons. The van der Waals surface area contributed by atoms with E-state index in [-0.39, 0.29) is 9.92 Å². The molecule has 0 atom stereocenters. The molecule has 19 heavy (non-hydrogen) atoms. The molecule has 4 nitrogen and oxygen atoms in total. The molecule has 1 aliphatic carbocycles. The van der Waals surface area contributed by atoms with E-state index in [2.05, 4.69) is 5.32 Å². The van der Waals surface area contributed by atoms with E-state index in [0.717, 1.165) is 28.6 Å². The molecule has 0 saturated heterocycles. The van der Waals surface area contributed by atoms with Gasteiger partial charge in [0.25, 0.3) is 0 Å². The lowest BCUT2D eigenvalue weighted by Gasteiger charge is -2.23. The fraction of sp³-hybridized carbons (Fsp3) is 0.429. The molecule has 1 N–H and O–H groups in total. The Labute approximate surface area is 115 Å². The first-order valence-electron chi connectivity index (χ1n) is 6.68. The number of nitrogens with zero attached hydrogens (tertiary/aromatic N) is 1. The Morgan fingerprint density at radius 3 is 2.68 bits per heavy atom. The van der Waals surface area contributed by atoms with Crippen LogP contribution in [0.15, 0.2) is 24.3 Å². The van der Waals surface area contributed by atoms with Gasteiger partial charge < -0.3 is 5.32 Å². The summed E-state index contributed by atoms with van der Waals surface area (Å²) in [5.74, 6) is 0. The third kappa shape index (κ3) is 2.42. The third-order valence-electron chi connectivity index (χ3n) is 3.70. The first kappa shape index (κ1) is 12.4. The Morgan fingerprint density at radius 2 is 1.95 bits per heavy atom. The minimum absolute atomic E-state index is 0.242. The van der Waals surface area contributed by atoms with Gasteiger partial charge in [0.1, 0.15) is 5.69 Å². The number of benzene rings is 1. The second kappa shape index (κ2) is 5.17. The maximum Gasteiger partial charge on any atom is 0.348 e. The molecule has 0 spiro atoms. The Bertz CT molecular complexity index is 603. The Hall–Kier alpha value is -1.62. The van der Waals surface area contributed by atoms with Gasteiger partial charge in [0.15, 0.2) is 0 Å². The topological polar surface area (TPSA) is 55.2 Å². The minimum Gasteiger partial charge on any atom is -0.375 e. The van der Waals surface area contributed by atoms with Crippen molar-refractivity contribution < 1.29 is 4.92 Å². The molecule has 1 saturated carbocycles. The van der Waals surface area contributed by atoms with Crippen molar-refractivity contribution in [2.24, 2.45) is 0 Å². The number of fused-ring (bicyclic) bond motifs is 1. The Kier molecular flexibility index (Phi) is 3.38. The van der Waals surface area contributed by atoms with E-state index in [4.69, 9.17) is 0 Å². The van der Waals surface area contributed by atoms with Gasteiger partial charge in [-0.15, -0.1) is 0 Å². The quantitative estimate of drug-likeness (QED) is 0.660. The fourth-order valence-electron chi connectivity index (χ4n) is 2.75. The van der Waals surface area contributed by atoms with E-state index in [1.54, 1.807) is 0 Å². The zero-order valence-corrected chi connectivity index (χ0v) is 11.4. The smallest absolute Gasteiger partial charge is 0.348 e. The van der Waals surface area contributed by atoms with E-state index in [1.807, 2.05) is 24.3 Å². The zero-order valence-electron chi connectivity index (χ0n) is 10.6. The summed E-state index contributed by atoms with van der Waals surface area (Å²) in [7, 11) is 0. The highest BCUT2D eigenvalue weighted by molar-refractivity contribution is 7.23. The molecule has 5 heteroatoms.